The molecule has 0 aromatic heterocycles. The average Bonchev–Trinajstić information content (AvgIpc) is 2.53. The lowest BCUT2D eigenvalue weighted by atomic mass is 10.1. The maximum atomic E-state index is 12.5. The molecular formula is C19H23NO3S. The lowest BCUT2D eigenvalue weighted by Gasteiger charge is -2.18. The van der Waals surface area contributed by atoms with Gasteiger partial charge in [0.05, 0.1) is 6.54 Å². The van der Waals surface area contributed by atoms with E-state index in [4.69, 9.17) is 4.74 Å². The summed E-state index contributed by atoms with van der Waals surface area (Å²) < 4.78 is 17.0. The fourth-order valence-corrected chi connectivity index (χ4v) is 3.01. The second-order valence-electron chi connectivity index (χ2n) is 5.81. The smallest absolute Gasteiger partial charge is 0.253 e. The molecule has 0 aliphatic carbocycles. The molecule has 1 atom stereocenters. The minimum atomic E-state index is -0.922. The summed E-state index contributed by atoms with van der Waals surface area (Å²) in [7, 11) is 0.835. The summed E-state index contributed by atoms with van der Waals surface area (Å²) in [5.74, 6) is 1.20. The van der Waals surface area contributed by atoms with Gasteiger partial charge in [-0.25, -0.2) is 0 Å². The lowest BCUT2D eigenvalue weighted by molar-refractivity contribution is 0.0773. The van der Waals surface area contributed by atoms with Gasteiger partial charge in [-0.1, -0.05) is 24.3 Å². The first-order chi connectivity index (χ1) is 11.5. The van der Waals surface area contributed by atoms with Crippen LogP contribution in [-0.2, 0) is 16.6 Å². The maximum absolute atomic E-state index is 12.5. The average molecular weight is 345 g/mol. The van der Waals surface area contributed by atoms with Crippen LogP contribution in [0.15, 0.2) is 48.5 Å². The molecule has 24 heavy (non-hydrogen) atoms. The fraction of sp³-hybridized carbons (Fsp3) is 0.316. The Kier molecular flexibility index (Phi) is 6.55. The molecule has 1 amide bonds. The van der Waals surface area contributed by atoms with Crippen LogP contribution in [0.25, 0.3) is 0 Å². The SMILES string of the molecule is Cc1cccc(OCCN(C)C(=O)c2cccc(CS(C)=O)c2)c1. The number of nitrogens with zero attached hydrogens (tertiary/aromatic N) is 1. The third-order valence-electron chi connectivity index (χ3n) is 3.58. The Morgan fingerprint density at radius 1 is 1.17 bits per heavy atom. The number of hydrogen-bond donors (Lipinski definition) is 0. The fourth-order valence-electron chi connectivity index (χ4n) is 2.36. The molecule has 5 heteroatoms. The highest BCUT2D eigenvalue weighted by Gasteiger charge is 2.12. The van der Waals surface area contributed by atoms with Crippen LogP contribution in [-0.4, -0.2) is 41.5 Å². The number of carbonyl (C=O) groups is 1. The monoisotopic (exact) mass is 345 g/mol. The molecule has 0 aliphatic rings. The zero-order valence-corrected chi connectivity index (χ0v) is 15.1. The van der Waals surface area contributed by atoms with Crippen LogP contribution in [0, 0.1) is 6.92 Å². The number of aryl methyl sites for hydroxylation is 1. The number of hydrogen-bond acceptors (Lipinski definition) is 3. The zero-order chi connectivity index (χ0) is 17.5. The minimum absolute atomic E-state index is 0.0634. The van der Waals surface area contributed by atoms with Gasteiger partial charge in [-0.15, -0.1) is 0 Å². The van der Waals surface area contributed by atoms with E-state index >= 15 is 0 Å². The van der Waals surface area contributed by atoms with Crippen molar-refractivity contribution in [2.75, 3.05) is 26.5 Å². The summed E-state index contributed by atoms with van der Waals surface area (Å²) >= 11 is 0. The maximum Gasteiger partial charge on any atom is 0.253 e. The van der Waals surface area contributed by atoms with E-state index in [0.717, 1.165) is 16.9 Å². The molecule has 0 fully saturated rings. The lowest BCUT2D eigenvalue weighted by Crippen LogP contribution is -2.30. The van der Waals surface area contributed by atoms with E-state index in [9.17, 15) is 9.00 Å². The molecule has 0 saturated heterocycles. The van der Waals surface area contributed by atoms with Gasteiger partial charge in [-0.2, -0.15) is 0 Å². The number of likely N-dealkylation sites (N-methyl/N-ethyl adjacent to an activating group) is 1. The van der Waals surface area contributed by atoms with E-state index in [1.165, 1.54) is 0 Å². The van der Waals surface area contributed by atoms with Crippen molar-refractivity contribution in [2.24, 2.45) is 0 Å². The zero-order valence-electron chi connectivity index (χ0n) is 14.3. The Balaban J connectivity index is 1.91. The number of carbonyl (C=O) groups excluding carboxylic acids is 1. The van der Waals surface area contributed by atoms with Crippen molar-refractivity contribution < 1.29 is 13.7 Å². The van der Waals surface area contributed by atoms with Gasteiger partial charge in [0, 0.05) is 35.4 Å². The van der Waals surface area contributed by atoms with Crippen molar-refractivity contribution in [2.45, 2.75) is 12.7 Å². The molecule has 2 aromatic carbocycles. The van der Waals surface area contributed by atoms with Crippen molar-refractivity contribution in [1.29, 1.82) is 0 Å². The summed E-state index contributed by atoms with van der Waals surface area (Å²) in [4.78, 5) is 14.1. The highest BCUT2D eigenvalue weighted by molar-refractivity contribution is 7.83. The third-order valence-corrected chi connectivity index (χ3v) is 4.32. The highest BCUT2D eigenvalue weighted by Crippen LogP contribution is 2.13. The summed E-state index contributed by atoms with van der Waals surface area (Å²) in [6, 6.07) is 15.1. The molecule has 4 nitrogen and oxygen atoms in total. The number of rotatable bonds is 7. The molecule has 0 bridgehead atoms. The van der Waals surface area contributed by atoms with Crippen molar-refractivity contribution >= 4 is 16.7 Å². The van der Waals surface area contributed by atoms with Crippen molar-refractivity contribution in [3.63, 3.8) is 0 Å². The predicted molar refractivity (Wildman–Crippen MR) is 97.8 cm³/mol. The van der Waals surface area contributed by atoms with Gasteiger partial charge in [0.2, 0.25) is 0 Å². The third kappa shape index (κ3) is 5.49. The Morgan fingerprint density at radius 3 is 2.62 bits per heavy atom. The minimum Gasteiger partial charge on any atom is -0.492 e. The van der Waals surface area contributed by atoms with Crippen LogP contribution in [0.1, 0.15) is 21.5 Å². The molecule has 2 aromatic rings. The first kappa shape index (κ1) is 18.2. The van der Waals surface area contributed by atoms with Crippen LogP contribution in [0.2, 0.25) is 0 Å². The van der Waals surface area contributed by atoms with Crippen LogP contribution >= 0.6 is 0 Å². The van der Waals surface area contributed by atoms with Gasteiger partial charge < -0.3 is 9.64 Å². The molecule has 2 rings (SSSR count). The second kappa shape index (κ2) is 8.64. The first-order valence-electron chi connectivity index (χ1n) is 7.79. The number of ether oxygens (including phenoxy) is 1. The first-order valence-corrected chi connectivity index (χ1v) is 9.52. The largest absolute Gasteiger partial charge is 0.492 e. The van der Waals surface area contributed by atoms with Crippen molar-refractivity contribution in [3.8, 4) is 5.75 Å². The molecule has 0 radical (unpaired) electrons. The van der Waals surface area contributed by atoms with Gasteiger partial charge in [-0.3, -0.25) is 9.00 Å². The molecule has 0 aliphatic heterocycles. The molecule has 128 valence electrons. The van der Waals surface area contributed by atoms with E-state index in [1.54, 1.807) is 24.3 Å². The molecule has 0 heterocycles. The molecular weight excluding hydrogens is 322 g/mol. The highest BCUT2D eigenvalue weighted by atomic mass is 32.2. The summed E-state index contributed by atoms with van der Waals surface area (Å²) in [5, 5.41) is 0. The quantitative estimate of drug-likeness (QED) is 0.775. The Bertz CT molecular complexity index is 730. The van der Waals surface area contributed by atoms with E-state index in [-0.39, 0.29) is 5.91 Å². The predicted octanol–water partition coefficient (Wildman–Crippen LogP) is 3.02. The van der Waals surface area contributed by atoms with E-state index in [0.29, 0.717) is 24.5 Å². The van der Waals surface area contributed by atoms with Crippen LogP contribution < -0.4 is 4.74 Å². The van der Waals surface area contributed by atoms with Crippen molar-refractivity contribution in [1.82, 2.24) is 4.90 Å². The van der Waals surface area contributed by atoms with Crippen LogP contribution in [0.4, 0.5) is 0 Å². The van der Waals surface area contributed by atoms with Crippen LogP contribution in [0.5, 0.6) is 5.75 Å². The summed E-state index contributed by atoms with van der Waals surface area (Å²) in [6.45, 7) is 2.94. The second-order valence-corrected chi connectivity index (χ2v) is 7.24. The van der Waals surface area contributed by atoms with Gasteiger partial charge in [0.25, 0.3) is 5.91 Å². The summed E-state index contributed by atoms with van der Waals surface area (Å²) in [5.41, 5.74) is 2.66. The number of benzene rings is 2. The van der Waals surface area contributed by atoms with Gasteiger partial charge in [0.1, 0.15) is 12.4 Å². The standard InChI is InChI=1S/C19H23NO3S/c1-15-6-4-9-18(12-15)23-11-10-20(2)19(21)17-8-5-7-16(13-17)14-24(3)22/h4-9,12-13H,10-11,14H2,1-3H3. The topological polar surface area (TPSA) is 46.6 Å². The Morgan fingerprint density at radius 2 is 1.92 bits per heavy atom. The van der Waals surface area contributed by atoms with Gasteiger partial charge in [-0.05, 0) is 42.3 Å². The van der Waals surface area contributed by atoms with E-state index in [1.807, 2.05) is 49.4 Å². The van der Waals surface area contributed by atoms with Gasteiger partial charge in [0.15, 0.2) is 0 Å². The molecule has 1 unspecified atom stereocenters. The van der Waals surface area contributed by atoms with Crippen LogP contribution in [0.3, 0.4) is 0 Å². The normalized spacial score (nSPS) is 11.8. The number of amides is 1. The van der Waals surface area contributed by atoms with Crippen molar-refractivity contribution in [3.05, 3.63) is 65.2 Å². The van der Waals surface area contributed by atoms with E-state index < -0.39 is 10.8 Å². The molecule has 0 spiro atoms. The Labute approximate surface area is 145 Å². The molecule has 0 N–H and O–H groups in total. The summed E-state index contributed by atoms with van der Waals surface area (Å²) in [6.07, 6.45) is 1.66. The van der Waals surface area contributed by atoms with E-state index in [2.05, 4.69) is 0 Å². The van der Waals surface area contributed by atoms with Gasteiger partial charge >= 0.3 is 0 Å². The Hall–Kier alpha value is -2.14. The molecule has 0 saturated carbocycles.